The third-order valence-electron chi connectivity index (χ3n) is 3.55. The minimum atomic E-state index is 0.0930. The van der Waals surface area contributed by atoms with Crippen molar-refractivity contribution >= 4 is 5.91 Å². The average Bonchev–Trinajstić information content (AvgIpc) is 2.83. The molecule has 2 rings (SSSR count). The van der Waals surface area contributed by atoms with Crippen LogP contribution in [0.15, 0.2) is 0 Å². The highest BCUT2D eigenvalue weighted by molar-refractivity contribution is 5.78. The molecular weight excluding hydrogens is 204 g/mol. The van der Waals surface area contributed by atoms with Gasteiger partial charge in [-0.1, -0.05) is 0 Å². The lowest BCUT2D eigenvalue weighted by molar-refractivity contribution is -0.128. The molecule has 2 aliphatic heterocycles. The van der Waals surface area contributed by atoms with Crippen LogP contribution in [0.1, 0.15) is 25.7 Å². The van der Waals surface area contributed by atoms with Crippen molar-refractivity contribution in [1.82, 2.24) is 10.6 Å². The number of rotatable bonds is 4. The summed E-state index contributed by atoms with van der Waals surface area (Å²) in [5.41, 5.74) is 0. The van der Waals surface area contributed by atoms with Crippen LogP contribution in [0.5, 0.6) is 0 Å². The quantitative estimate of drug-likeness (QED) is 0.735. The van der Waals surface area contributed by atoms with E-state index in [1.807, 2.05) is 0 Å². The van der Waals surface area contributed by atoms with Crippen LogP contribution in [0, 0.1) is 11.8 Å². The van der Waals surface area contributed by atoms with E-state index in [1.165, 1.54) is 6.42 Å². The number of carbonyl (C=O) groups excluding carboxylic acids is 1. The molecule has 0 bridgehead atoms. The Bertz CT molecular complexity index is 221. The fourth-order valence-corrected chi connectivity index (χ4v) is 2.45. The molecule has 0 unspecified atom stereocenters. The van der Waals surface area contributed by atoms with E-state index in [9.17, 15) is 4.79 Å². The minimum absolute atomic E-state index is 0.0930. The minimum Gasteiger partial charge on any atom is -0.381 e. The molecule has 4 heteroatoms. The summed E-state index contributed by atoms with van der Waals surface area (Å²) in [7, 11) is 0. The fourth-order valence-electron chi connectivity index (χ4n) is 2.45. The normalized spacial score (nSPS) is 30.2. The van der Waals surface area contributed by atoms with Crippen molar-refractivity contribution in [2.24, 2.45) is 11.8 Å². The molecule has 2 N–H and O–H groups in total. The molecule has 2 heterocycles. The van der Waals surface area contributed by atoms with Gasteiger partial charge in [0.2, 0.25) is 5.91 Å². The Labute approximate surface area is 97.1 Å². The van der Waals surface area contributed by atoms with Gasteiger partial charge >= 0.3 is 0 Å². The Kier molecular flexibility index (Phi) is 4.60. The van der Waals surface area contributed by atoms with Gasteiger partial charge in [-0.25, -0.2) is 0 Å². The molecule has 0 radical (unpaired) electrons. The van der Waals surface area contributed by atoms with Gasteiger partial charge in [0, 0.05) is 13.2 Å². The van der Waals surface area contributed by atoms with Gasteiger partial charge in [0.1, 0.15) is 0 Å². The highest BCUT2D eigenvalue weighted by Crippen LogP contribution is 2.14. The maximum absolute atomic E-state index is 11.8. The topological polar surface area (TPSA) is 50.4 Å². The maximum atomic E-state index is 11.8. The molecule has 1 amide bonds. The van der Waals surface area contributed by atoms with Crippen LogP contribution in [-0.2, 0) is 9.53 Å². The molecular formula is C12H22N2O2. The average molecular weight is 226 g/mol. The standard InChI is InChI=1S/C12H22N2O2/c15-12(11-2-1-7-16-9-11)14-6-4-10-3-5-13-8-10/h10-11,13H,1-9H2,(H,14,15)/t10-,11-/m1/s1. The van der Waals surface area contributed by atoms with Crippen molar-refractivity contribution in [2.75, 3.05) is 32.8 Å². The van der Waals surface area contributed by atoms with Crippen molar-refractivity contribution in [3.8, 4) is 0 Å². The van der Waals surface area contributed by atoms with Gasteiger partial charge in [0.05, 0.1) is 12.5 Å². The molecule has 2 saturated heterocycles. The maximum Gasteiger partial charge on any atom is 0.225 e. The first kappa shape index (κ1) is 11.9. The smallest absolute Gasteiger partial charge is 0.225 e. The van der Waals surface area contributed by atoms with Gasteiger partial charge in [-0.3, -0.25) is 4.79 Å². The van der Waals surface area contributed by atoms with Crippen molar-refractivity contribution in [1.29, 1.82) is 0 Å². The zero-order chi connectivity index (χ0) is 11.2. The van der Waals surface area contributed by atoms with Gasteiger partial charge in [0.15, 0.2) is 0 Å². The first-order valence-corrected chi connectivity index (χ1v) is 6.42. The van der Waals surface area contributed by atoms with E-state index >= 15 is 0 Å². The molecule has 4 nitrogen and oxygen atoms in total. The Morgan fingerprint density at radius 1 is 1.44 bits per heavy atom. The lowest BCUT2D eigenvalue weighted by Gasteiger charge is -2.21. The first-order valence-electron chi connectivity index (χ1n) is 6.42. The Morgan fingerprint density at radius 2 is 2.38 bits per heavy atom. The van der Waals surface area contributed by atoms with Crippen molar-refractivity contribution in [3.63, 3.8) is 0 Å². The number of ether oxygens (including phenoxy) is 1. The number of amides is 1. The van der Waals surface area contributed by atoms with Gasteiger partial charge in [-0.2, -0.15) is 0 Å². The Balaban J connectivity index is 1.59. The van der Waals surface area contributed by atoms with Crippen LogP contribution in [0.25, 0.3) is 0 Å². The molecule has 16 heavy (non-hydrogen) atoms. The third kappa shape index (κ3) is 3.46. The molecule has 0 aromatic heterocycles. The lowest BCUT2D eigenvalue weighted by Crippen LogP contribution is -2.36. The number of hydrogen-bond donors (Lipinski definition) is 2. The highest BCUT2D eigenvalue weighted by atomic mass is 16.5. The van der Waals surface area contributed by atoms with Crippen LogP contribution >= 0.6 is 0 Å². The van der Waals surface area contributed by atoms with Crippen LogP contribution < -0.4 is 10.6 Å². The summed E-state index contributed by atoms with van der Waals surface area (Å²) in [5, 5.41) is 6.37. The van der Waals surface area contributed by atoms with Crippen molar-refractivity contribution in [3.05, 3.63) is 0 Å². The van der Waals surface area contributed by atoms with E-state index in [0.29, 0.717) is 6.61 Å². The fraction of sp³-hybridized carbons (Fsp3) is 0.917. The summed E-state index contributed by atoms with van der Waals surface area (Å²) < 4.78 is 5.31. The molecule has 0 aliphatic carbocycles. The zero-order valence-corrected chi connectivity index (χ0v) is 9.84. The third-order valence-corrected chi connectivity index (χ3v) is 3.55. The molecule has 0 aromatic carbocycles. The van der Waals surface area contributed by atoms with Crippen LogP contribution in [0.4, 0.5) is 0 Å². The zero-order valence-electron chi connectivity index (χ0n) is 9.84. The Hall–Kier alpha value is -0.610. The van der Waals surface area contributed by atoms with E-state index in [0.717, 1.165) is 51.4 Å². The lowest BCUT2D eigenvalue weighted by atomic mass is 10.0. The number of nitrogens with one attached hydrogen (secondary N) is 2. The summed E-state index contributed by atoms with van der Waals surface area (Å²) in [5.74, 6) is 1.03. The van der Waals surface area contributed by atoms with Crippen LogP contribution in [-0.4, -0.2) is 38.8 Å². The van der Waals surface area contributed by atoms with Crippen LogP contribution in [0.3, 0.4) is 0 Å². The molecule has 2 atom stereocenters. The molecule has 0 aromatic rings. The second kappa shape index (κ2) is 6.21. The van der Waals surface area contributed by atoms with Crippen molar-refractivity contribution < 1.29 is 9.53 Å². The summed E-state index contributed by atoms with van der Waals surface area (Å²) in [4.78, 5) is 11.8. The predicted molar refractivity (Wildman–Crippen MR) is 62.1 cm³/mol. The largest absolute Gasteiger partial charge is 0.381 e. The Morgan fingerprint density at radius 3 is 3.06 bits per heavy atom. The molecule has 0 spiro atoms. The van der Waals surface area contributed by atoms with E-state index in [-0.39, 0.29) is 11.8 Å². The summed E-state index contributed by atoms with van der Waals surface area (Å²) >= 11 is 0. The van der Waals surface area contributed by atoms with Gasteiger partial charge in [-0.05, 0) is 44.7 Å². The van der Waals surface area contributed by atoms with Crippen LogP contribution in [0.2, 0.25) is 0 Å². The molecule has 2 fully saturated rings. The number of carbonyl (C=O) groups is 1. The summed E-state index contributed by atoms with van der Waals surface area (Å²) in [6, 6.07) is 0. The summed E-state index contributed by atoms with van der Waals surface area (Å²) in [6.45, 7) is 4.49. The highest BCUT2D eigenvalue weighted by Gasteiger charge is 2.21. The summed E-state index contributed by atoms with van der Waals surface area (Å²) in [6.07, 6.45) is 4.36. The van der Waals surface area contributed by atoms with E-state index < -0.39 is 0 Å². The predicted octanol–water partition coefficient (Wildman–Crippen LogP) is 0.529. The second-order valence-electron chi connectivity index (χ2n) is 4.85. The SMILES string of the molecule is O=C(NCC[C@H]1CCNC1)[C@@H]1CCCOC1. The van der Waals surface area contributed by atoms with Gasteiger partial charge < -0.3 is 15.4 Å². The van der Waals surface area contributed by atoms with E-state index in [1.54, 1.807) is 0 Å². The van der Waals surface area contributed by atoms with Gasteiger partial charge in [-0.15, -0.1) is 0 Å². The molecule has 2 aliphatic rings. The number of hydrogen-bond acceptors (Lipinski definition) is 3. The molecule has 92 valence electrons. The second-order valence-corrected chi connectivity index (χ2v) is 4.85. The van der Waals surface area contributed by atoms with E-state index in [4.69, 9.17) is 4.74 Å². The first-order chi connectivity index (χ1) is 7.86. The van der Waals surface area contributed by atoms with Gasteiger partial charge in [0.25, 0.3) is 0 Å². The molecule has 0 saturated carbocycles. The monoisotopic (exact) mass is 226 g/mol. The van der Waals surface area contributed by atoms with E-state index in [2.05, 4.69) is 10.6 Å². The van der Waals surface area contributed by atoms with Crippen molar-refractivity contribution in [2.45, 2.75) is 25.7 Å².